The first kappa shape index (κ1) is 15.3. The van der Waals surface area contributed by atoms with E-state index in [2.05, 4.69) is 24.3 Å². The van der Waals surface area contributed by atoms with Crippen molar-refractivity contribution in [2.45, 2.75) is 0 Å². The van der Waals surface area contributed by atoms with Crippen molar-refractivity contribution in [3.8, 4) is 33.6 Å². The second-order valence-corrected chi connectivity index (χ2v) is 5.87. The largest absolute Gasteiger partial charge is 0.248 e. The van der Waals surface area contributed by atoms with Crippen molar-refractivity contribution >= 4 is 0 Å². The molecule has 0 atom stereocenters. The summed E-state index contributed by atoms with van der Waals surface area (Å²) >= 11 is 0. The highest BCUT2D eigenvalue weighted by Crippen LogP contribution is 2.30. The Hall–Kier alpha value is -3.26. The van der Waals surface area contributed by atoms with E-state index in [0.29, 0.717) is 0 Å². The topological polar surface area (TPSA) is 12.9 Å². The van der Waals surface area contributed by atoms with Crippen molar-refractivity contribution in [1.29, 1.82) is 0 Å². The molecule has 0 amide bonds. The minimum absolute atomic E-state index is 0.244. The maximum Gasteiger partial charge on any atom is 0.123 e. The number of hydrogen-bond donors (Lipinski definition) is 0. The molecule has 1 heterocycles. The monoisotopic (exact) mass is 325 g/mol. The molecule has 120 valence electrons. The molecule has 4 aromatic rings. The summed E-state index contributed by atoms with van der Waals surface area (Å²) in [5.74, 6) is -0.244. The van der Waals surface area contributed by atoms with Crippen LogP contribution in [0, 0.1) is 5.82 Å². The zero-order valence-electron chi connectivity index (χ0n) is 13.6. The average molecular weight is 325 g/mol. The Kier molecular flexibility index (Phi) is 4.09. The highest BCUT2D eigenvalue weighted by Gasteiger charge is 2.08. The van der Waals surface area contributed by atoms with Crippen molar-refractivity contribution < 1.29 is 4.39 Å². The molecule has 0 aliphatic carbocycles. The van der Waals surface area contributed by atoms with Crippen LogP contribution in [0.1, 0.15) is 0 Å². The summed E-state index contributed by atoms with van der Waals surface area (Å²) in [6, 6.07) is 30.9. The van der Waals surface area contributed by atoms with Crippen LogP contribution in [0.4, 0.5) is 4.39 Å². The predicted molar refractivity (Wildman–Crippen MR) is 101 cm³/mol. The van der Waals surface area contributed by atoms with Gasteiger partial charge in [-0.2, -0.15) is 0 Å². The summed E-state index contributed by atoms with van der Waals surface area (Å²) in [6.45, 7) is 0. The maximum absolute atomic E-state index is 13.3. The fourth-order valence-electron chi connectivity index (χ4n) is 2.85. The van der Waals surface area contributed by atoms with E-state index in [9.17, 15) is 4.39 Å². The van der Waals surface area contributed by atoms with Crippen molar-refractivity contribution in [3.05, 3.63) is 103 Å². The molecule has 4 rings (SSSR count). The molecule has 0 saturated carbocycles. The van der Waals surface area contributed by atoms with Gasteiger partial charge in [-0.25, -0.2) is 9.37 Å². The van der Waals surface area contributed by atoms with Crippen LogP contribution < -0.4 is 0 Å². The van der Waals surface area contributed by atoms with Crippen molar-refractivity contribution in [1.82, 2.24) is 4.98 Å². The highest BCUT2D eigenvalue weighted by molar-refractivity contribution is 5.76. The quantitative estimate of drug-likeness (QED) is 0.435. The first-order valence-electron chi connectivity index (χ1n) is 8.18. The Bertz CT molecular complexity index is 920. The third-order valence-electron chi connectivity index (χ3n) is 4.14. The summed E-state index contributed by atoms with van der Waals surface area (Å²) in [7, 11) is 0. The molecule has 0 aliphatic heterocycles. The molecule has 0 N–H and O–H groups in total. The second-order valence-electron chi connectivity index (χ2n) is 5.87. The lowest BCUT2D eigenvalue weighted by Crippen LogP contribution is -1.91. The van der Waals surface area contributed by atoms with E-state index in [-0.39, 0.29) is 5.82 Å². The number of nitrogens with zero attached hydrogens (tertiary/aromatic N) is 1. The summed E-state index contributed by atoms with van der Waals surface area (Å²) in [4.78, 5) is 4.81. The summed E-state index contributed by atoms with van der Waals surface area (Å²) in [5, 5.41) is 0. The standard InChI is InChI=1S/C23H16FN/c24-21-13-11-19(12-14-21)23-16-20(17-7-3-1-4-8-17)15-22(25-23)18-9-5-2-6-10-18/h1-16H. The number of halogens is 1. The first-order chi connectivity index (χ1) is 12.3. The molecule has 0 radical (unpaired) electrons. The van der Waals surface area contributed by atoms with E-state index in [1.807, 2.05) is 48.5 Å². The van der Waals surface area contributed by atoms with Gasteiger partial charge >= 0.3 is 0 Å². The Balaban J connectivity index is 1.90. The van der Waals surface area contributed by atoms with Gasteiger partial charge in [0, 0.05) is 11.1 Å². The van der Waals surface area contributed by atoms with E-state index < -0.39 is 0 Å². The molecule has 1 nitrogen and oxygen atoms in total. The number of benzene rings is 3. The normalized spacial score (nSPS) is 10.6. The van der Waals surface area contributed by atoms with Gasteiger partial charge in [0.25, 0.3) is 0 Å². The van der Waals surface area contributed by atoms with E-state index in [4.69, 9.17) is 4.98 Å². The molecule has 0 saturated heterocycles. The smallest absolute Gasteiger partial charge is 0.123 e. The van der Waals surface area contributed by atoms with Crippen LogP contribution in [0.15, 0.2) is 97.1 Å². The van der Waals surface area contributed by atoms with Crippen LogP contribution in [0.2, 0.25) is 0 Å². The molecule has 25 heavy (non-hydrogen) atoms. The first-order valence-corrected chi connectivity index (χ1v) is 8.18. The van der Waals surface area contributed by atoms with Gasteiger partial charge in [0.05, 0.1) is 11.4 Å². The Labute approximate surface area is 146 Å². The SMILES string of the molecule is Fc1ccc(-c2cc(-c3ccccc3)cc(-c3ccccc3)n2)cc1. The van der Waals surface area contributed by atoms with Crippen molar-refractivity contribution in [2.75, 3.05) is 0 Å². The van der Waals surface area contributed by atoms with Crippen LogP contribution in [0.25, 0.3) is 33.6 Å². The molecular weight excluding hydrogens is 309 g/mol. The van der Waals surface area contributed by atoms with Gasteiger partial charge in [-0.1, -0.05) is 60.7 Å². The predicted octanol–water partition coefficient (Wildman–Crippen LogP) is 6.22. The Morgan fingerprint density at radius 3 is 1.52 bits per heavy atom. The van der Waals surface area contributed by atoms with E-state index in [1.54, 1.807) is 12.1 Å². The minimum Gasteiger partial charge on any atom is -0.248 e. The van der Waals surface area contributed by atoms with Crippen LogP contribution >= 0.6 is 0 Å². The number of pyridine rings is 1. The van der Waals surface area contributed by atoms with Gasteiger partial charge in [0.2, 0.25) is 0 Å². The van der Waals surface area contributed by atoms with Gasteiger partial charge in [-0.3, -0.25) is 0 Å². The highest BCUT2D eigenvalue weighted by atomic mass is 19.1. The molecule has 0 aliphatic rings. The number of rotatable bonds is 3. The van der Waals surface area contributed by atoms with E-state index in [1.165, 1.54) is 12.1 Å². The molecule has 0 unspecified atom stereocenters. The lowest BCUT2D eigenvalue weighted by Gasteiger charge is -2.10. The van der Waals surface area contributed by atoms with Gasteiger partial charge in [-0.15, -0.1) is 0 Å². The molecule has 0 fully saturated rings. The lowest BCUT2D eigenvalue weighted by atomic mass is 10.00. The summed E-state index contributed by atoms with van der Waals surface area (Å²) in [5.41, 5.74) is 5.92. The molecule has 0 bridgehead atoms. The minimum atomic E-state index is -0.244. The zero-order chi connectivity index (χ0) is 17.1. The number of hydrogen-bond acceptors (Lipinski definition) is 1. The van der Waals surface area contributed by atoms with Gasteiger partial charge in [0.1, 0.15) is 5.82 Å². The maximum atomic E-state index is 13.3. The average Bonchev–Trinajstić information content (AvgIpc) is 2.69. The van der Waals surface area contributed by atoms with Crippen LogP contribution in [-0.4, -0.2) is 4.98 Å². The Morgan fingerprint density at radius 1 is 0.480 bits per heavy atom. The van der Waals surface area contributed by atoms with E-state index in [0.717, 1.165) is 33.6 Å². The Morgan fingerprint density at radius 2 is 0.960 bits per heavy atom. The van der Waals surface area contributed by atoms with Crippen LogP contribution in [0.3, 0.4) is 0 Å². The van der Waals surface area contributed by atoms with Crippen LogP contribution in [-0.2, 0) is 0 Å². The molecular formula is C23H16FN. The lowest BCUT2D eigenvalue weighted by molar-refractivity contribution is 0.628. The third kappa shape index (κ3) is 3.33. The molecule has 2 heteroatoms. The zero-order valence-corrected chi connectivity index (χ0v) is 13.6. The van der Waals surface area contributed by atoms with E-state index >= 15 is 0 Å². The van der Waals surface area contributed by atoms with Gasteiger partial charge < -0.3 is 0 Å². The third-order valence-corrected chi connectivity index (χ3v) is 4.14. The van der Waals surface area contributed by atoms with Crippen molar-refractivity contribution in [2.24, 2.45) is 0 Å². The summed E-state index contributed by atoms with van der Waals surface area (Å²) in [6.07, 6.45) is 0. The number of aromatic nitrogens is 1. The molecule has 1 aromatic heterocycles. The summed E-state index contributed by atoms with van der Waals surface area (Å²) < 4.78 is 13.3. The van der Waals surface area contributed by atoms with Crippen LogP contribution in [0.5, 0.6) is 0 Å². The van der Waals surface area contributed by atoms with Crippen molar-refractivity contribution in [3.63, 3.8) is 0 Å². The van der Waals surface area contributed by atoms with Gasteiger partial charge in [0.15, 0.2) is 0 Å². The second kappa shape index (κ2) is 6.70. The fraction of sp³-hybridized carbons (Fsp3) is 0. The fourth-order valence-corrected chi connectivity index (χ4v) is 2.85. The van der Waals surface area contributed by atoms with Gasteiger partial charge in [-0.05, 0) is 47.5 Å². The molecule has 0 spiro atoms. The molecule has 3 aromatic carbocycles.